The predicted octanol–water partition coefficient (Wildman–Crippen LogP) is 4.04. The highest BCUT2D eigenvalue weighted by Crippen LogP contribution is 2.32. The monoisotopic (exact) mass is 369 g/mol. The summed E-state index contributed by atoms with van der Waals surface area (Å²) in [6.45, 7) is 1.46. The molecule has 0 amide bonds. The fourth-order valence-electron chi connectivity index (χ4n) is 2.30. The van der Waals surface area contributed by atoms with Crippen molar-refractivity contribution in [2.75, 3.05) is 6.54 Å². The van der Waals surface area contributed by atoms with Crippen LogP contribution in [0.4, 0.5) is 0 Å². The molecule has 0 saturated carbocycles. The third kappa shape index (κ3) is 2.71. The lowest BCUT2D eigenvalue weighted by Gasteiger charge is -2.26. The molecule has 1 atom stereocenters. The SMILES string of the molecule is NC1=NCC(c2ccc(Br)c(Cl)c2)N1Cc1cccs1. The van der Waals surface area contributed by atoms with Crippen LogP contribution >= 0.6 is 38.9 Å². The summed E-state index contributed by atoms with van der Waals surface area (Å²) in [5, 5.41) is 2.79. The molecule has 1 aromatic heterocycles. The van der Waals surface area contributed by atoms with Crippen molar-refractivity contribution in [3.8, 4) is 0 Å². The van der Waals surface area contributed by atoms with E-state index in [2.05, 4.69) is 49.4 Å². The lowest BCUT2D eigenvalue weighted by molar-refractivity contribution is 0.343. The summed E-state index contributed by atoms with van der Waals surface area (Å²) in [6, 6.07) is 10.3. The molecule has 6 heteroatoms. The zero-order valence-electron chi connectivity index (χ0n) is 10.6. The van der Waals surface area contributed by atoms with Gasteiger partial charge in [0.05, 0.1) is 24.2 Å². The van der Waals surface area contributed by atoms with Crippen LogP contribution in [-0.4, -0.2) is 17.4 Å². The number of halogens is 2. The van der Waals surface area contributed by atoms with Crippen molar-refractivity contribution in [1.82, 2.24) is 4.90 Å². The van der Waals surface area contributed by atoms with E-state index in [1.54, 1.807) is 11.3 Å². The summed E-state index contributed by atoms with van der Waals surface area (Å²) in [7, 11) is 0. The predicted molar refractivity (Wildman–Crippen MR) is 88.2 cm³/mol. The first-order chi connectivity index (χ1) is 9.65. The second kappa shape index (κ2) is 5.76. The van der Waals surface area contributed by atoms with Gasteiger partial charge in [-0.15, -0.1) is 11.3 Å². The first kappa shape index (κ1) is 13.9. The molecule has 0 saturated heterocycles. The van der Waals surface area contributed by atoms with Gasteiger partial charge >= 0.3 is 0 Å². The van der Waals surface area contributed by atoms with Crippen molar-refractivity contribution in [3.05, 3.63) is 55.6 Å². The van der Waals surface area contributed by atoms with Gasteiger partial charge in [0.1, 0.15) is 0 Å². The normalized spacial score (nSPS) is 18.4. The zero-order valence-corrected chi connectivity index (χ0v) is 13.8. The third-order valence-electron chi connectivity index (χ3n) is 3.33. The Kier molecular flexibility index (Phi) is 4.01. The number of guanidine groups is 1. The first-order valence-electron chi connectivity index (χ1n) is 6.19. The maximum Gasteiger partial charge on any atom is 0.192 e. The molecule has 0 aliphatic carbocycles. The van der Waals surface area contributed by atoms with E-state index in [0.717, 1.165) is 16.6 Å². The molecule has 1 aliphatic rings. The molecule has 0 bridgehead atoms. The topological polar surface area (TPSA) is 41.6 Å². The lowest BCUT2D eigenvalue weighted by atomic mass is 10.1. The second-order valence-electron chi connectivity index (χ2n) is 4.60. The number of thiophene rings is 1. The van der Waals surface area contributed by atoms with E-state index >= 15 is 0 Å². The Balaban J connectivity index is 1.86. The van der Waals surface area contributed by atoms with E-state index < -0.39 is 0 Å². The van der Waals surface area contributed by atoms with Gasteiger partial charge in [-0.3, -0.25) is 4.99 Å². The summed E-state index contributed by atoms with van der Waals surface area (Å²) in [4.78, 5) is 7.78. The Labute approximate surface area is 135 Å². The fraction of sp³-hybridized carbons (Fsp3) is 0.214. The fourth-order valence-corrected chi connectivity index (χ4v) is 3.43. The van der Waals surface area contributed by atoms with Crippen LogP contribution in [0.1, 0.15) is 16.5 Å². The number of nitrogens with zero attached hydrogens (tertiary/aromatic N) is 2. The van der Waals surface area contributed by atoms with Crippen LogP contribution in [0.15, 0.2) is 45.2 Å². The number of benzene rings is 1. The molecule has 1 aliphatic heterocycles. The maximum atomic E-state index is 6.19. The van der Waals surface area contributed by atoms with Gasteiger partial charge in [0.15, 0.2) is 5.96 Å². The summed E-state index contributed by atoms with van der Waals surface area (Å²) >= 11 is 11.3. The van der Waals surface area contributed by atoms with Gasteiger partial charge in [-0.05, 0) is 45.1 Å². The van der Waals surface area contributed by atoms with Gasteiger partial charge in [0.2, 0.25) is 0 Å². The molecule has 104 valence electrons. The summed E-state index contributed by atoms with van der Waals surface area (Å²) in [6.07, 6.45) is 0. The van der Waals surface area contributed by atoms with E-state index in [0.29, 0.717) is 17.5 Å². The molecule has 3 nitrogen and oxygen atoms in total. The standard InChI is InChI=1S/C14H13BrClN3S/c15-11-4-3-9(6-12(11)16)13-7-18-14(17)19(13)8-10-2-1-5-20-10/h1-6,13H,7-8H2,(H2,17,18). The molecule has 2 aromatic rings. The zero-order chi connectivity index (χ0) is 14.1. The minimum Gasteiger partial charge on any atom is -0.370 e. The van der Waals surface area contributed by atoms with Gasteiger partial charge in [-0.2, -0.15) is 0 Å². The lowest BCUT2D eigenvalue weighted by Crippen LogP contribution is -2.35. The highest BCUT2D eigenvalue weighted by molar-refractivity contribution is 9.10. The van der Waals surface area contributed by atoms with Crippen LogP contribution < -0.4 is 5.73 Å². The van der Waals surface area contributed by atoms with Crippen molar-refractivity contribution in [3.63, 3.8) is 0 Å². The molecular formula is C14H13BrClN3S. The van der Waals surface area contributed by atoms with Crippen LogP contribution in [0.5, 0.6) is 0 Å². The molecule has 2 heterocycles. The molecule has 0 radical (unpaired) electrons. The number of nitrogens with two attached hydrogens (primary N) is 1. The molecule has 1 aromatic carbocycles. The van der Waals surface area contributed by atoms with Gasteiger partial charge < -0.3 is 10.6 Å². The number of hydrogen-bond acceptors (Lipinski definition) is 4. The Morgan fingerprint density at radius 1 is 1.45 bits per heavy atom. The van der Waals surface area contributed by atoms with Crippen molar-refractivity contribution >= 4 is 44.8 Å². The number of aliphatic imine (C=N–C) groups is 1. The molecule has 1 unspecified atom stereocenters. The van der Waals surface area contributed by atoms with Crippen LogP contribution in [0.2, 0.25) is 5.02 Å². The second-order valence-corrected chi connectivity index (χ2v) is 6.89. The Morgan fingerprint density at radius 3 is 3.00 bits per heavy atom. The van der Waals surface area contributed by atoms with Gasteiger partial charge in [-0.1, -0.05) is 23.7 Å². The molecule has 3 rings (SSSR count). The highest BCUT2D eigenvalue weighted by atomic mass is 79.9. The summed E-state index contributed by atoms with van der Waals surface area (Å²) in [5.74, 6) is 0.599. The van der Waals surface area contributed by atoms with E-state index in [9.17, 15) is 0 Å². The van der Waals surface area contributed by atoms with Crippen LogP contribution in [0.3, 0.4) is 0 Å². The quantitative estimate of drug-likeness (QED) is 0.886. The van der Waals surface area contributed by atoms with Crippen LogP contribution in [0, 0.1) is 0 Å². The third-order valence-corrected chi connectivity index (χ3v) is 5.43. The average Bonchev–Trinajstić information content (AvgIpc) is 3.05. The molecular weight excluding hydrogens is 358 g/mol. The Bertz CT molecular complexity index is 642. The molecule has 0 spiro atoms. The first-order valence-corrected chi connectivity index (χ1v) is 8.24. The van der Waals surface area contributed by atoms with E-state index in [4.69, 9.17) is 17.3 Å². The van der Waals surface area contributed by atoms with Crippen LogP contribution in [0.25, 0.3) is 0 Å². The maximum absolute atomic E-state index is 6.19. The Morgan fingerprint density at radius 2 is 2.30 bits per heavy atom. The van der Waals surface area contributed by atoms with Crippen molar-refractivity contribution in [2.45, 2.75) is 12.6 Å². The van der Waals surface area contributed by atoms with Crippen molar-refractivity contribution in [1.29, 1.82) is 0 Å². The number of hydrogen-bond donors (Lipinski definition) is 1. The molecule has 20 heavy (non-hydrogen) atoms. The van der Waals surface area contributed by atoms with Gasteiger partial charge in [-0.25, -0.2) is 0 Å². The minimum atomic E-state index is 0.155. The van der Waals surface area contributed by atoms with Crippen LogP contribution in [-0.2, 0) is 6.54 Å². The van der Waals surface area contributed by atoms with Crippen molar-refractivity contribution < 1.29 is 0 Å². The van der Waals surface area contributed by atoms with Gasteiger partial charge in [0, 0.05) is 9.35 Å². The largest absolute Gasteiger partial charge is 0.370 e. The average molecular weight is 371 g/mol. The van der Waals surface area contributed by atoms with Gasteiger partial charge in [0.25, 0.3) is 0 Å². The smallest absolute Gasteiger partial charge is 0.192 e. The number of rotatable bonds is 3. The summed E-state index contributed by atoms with van der Waals surface area (Å²) in [5.41, 5.74) is 7.17. The minimum absolute atomic E-state index is 0.155. The van der Waals surface area contributed by atoms with Crippen molar-refractivity contribution in [2.24, 2.45) is 10.7 Å². The molecule has 0 fully saturated rings. The Hall–Kier alpha value is -1.04. The van der Waals surface area contributed by atoms with E-state index in [1.165, 1.54) is 4.88 Å². The summed E-state index contributed by atoms with van der Waals surface area (Å²) < 4.78 is 0.902. The van der Waals surface area contributed by atoms with E-state index in [1.807, 2.05) is 12.1 Å². The van der Waals surface area contributed by atoms with E-state index in [-0.39, 0.29) is 6.04 Å². The molecule has 2 N–H and O–H groups in total. The highest BCUT2D eigenvalue weighted by Gasteiger charge is 2.28.